The molecule has 0 unspecified atom stereocenters. The van der Waals surface area contributed by atoms with Gasteiger partial charge in [-0.25, -0.2) is 29.9 Å². The van der Waals surface area contributed by atoms with Crippen molar-refractivity contribution in [2.24, 2.45) is 0 Å². The third-order valence-electron chi connectivity index (χ3n) is 11.7. The first kappa shape index (κ1) is 34.3. The van der Waals surface area contributed by atoms with Crippen molar-refractivity contribution in [3.8, 4) is 22.8 Å². The normalized spacial score (nSPS) is 11.9. The van der Waals surface area contributed by atoms with Crippen LogP contribution in [0.15, 0.2) is 191 Å². The van der Waals surface area contributed by atoms with E-state index in [1.807, 2.05) is 109 Å². The van der Waals surface area contributed by atoms with Gasteiger partial charge in [0.1, 0.15) is 22.3 Å². The molecule has 13 rings (SSSR count). The molecule has 288 valence electrons. The minimum atomic E-state index is 0.528. The van der Waals surface area contributed by atoms with Gasteiger partial charge in [0.2, 0.25) is 0 Å². The quantitative estimate of drug-likeness (QED) is 0.170. The van der Waals surface area contributed by atoms with Crippen LogP contribution in [0.5, 0.6) is 0 Å². The number of fused-ring (bicyclic) bond motifs is 24. The average molecular weight is 795 g/mol. The number of rotatable bonds is 2. The fourth-order valence-corrected chi connectivity index (χ4v) is 8.71. The van der Waals surface area contributed by atoms with E-state index in [4.69, 9.17) is 38.7 Å². The molecule has 0 aliphatic rings. The molecule has 0 N–H and O–H groups in total. The summed E-state index contributed by atoms with van der Waals surface area (Å²) in [5.74, 6) is 1.06. The average Bonchev–Trinajstić information content (AvgIpc) is 3.93. The molecule has 0 aliphatic heterocycles. The first-order chi connectivity index (χ1) is 30.7. The molecule has 0 saturated heterocycles. The predicted molar refractivity (Wildman–Crippen MR) is 250 cm³/mol. The summed E-state index contributed by atoms with van der Waals surface area (Å²) < 4.78 is 13.0. The summed E-state index contributed by atoms with van der Waals surface area (Å²) in [7, 11) is 0. The molecule has 0 amide bonds. The van der Waals surface area contributed by atoms with Crippen molar-refractivity contribution < 1.29 is 8.83 Å². The van der Waals surface area contributed by atoms with Crippen LogP contribution in [0.2, 0.25) is 0 Å². The molecular formula is C54H30N6O2. The Labute approximate surface area is 351 Å². The van der Waals surface area contributed by atoms with Gasteiger partial charge in [0.15, 0.2) is 34.2 Å². The molecule has 0 saturated carbocycles. The molecule has 0 atom stereocenters. The van der Waals surface area contributed by atoms with E-state index in [2.05, 4.69) is 72.8 Å². The zero-order valence-corrected chi connectivity index (χ0v) is 32.8. The molecular weight excluding hydrogens is 765 g/mol. The lowest BCUT2D eigenvalue weighted by Crippen LogP contribution is -1.95. The highest BCUT2D eigenvalue weighted by atomic mass is 16.3. The number of furan rings is 2. The Kier molecular flexibility index (Phi) is 7.43. The van der Waals surface area contributed by atoms with Crippen LogP contribution in [0.3, 0.4) is 0 Å². The van der Waals surface area contributed by atoms with E-state index in [-0.39, 0.29) is 0 Å². The van der Waals surface area contributed by atoms with Crippen molar-refractivity contribution in [2.75, 3.05) is 0 Å². The Morgan fingerprint density at radius 3 is 0.935 bits per heavy atom. The van der Waals surface area contributed by atoms with E-state index in [1.165, 1.54) is 0 Å². The van der Waals surface area contributed by atoms with Crippen molar-refractivity contribution in [1.29, 1.82) is 0 Å². The minimum absolute atomic E-state index is 0.528. The molecule has 12 bridgehead atoms. The third kappa shape index (κ3) is 5.54. The molecule has 5 heterocycles. The van der Waals surface area contributed by atoms with Crippen molar-refractivity contribution in [1.82, 2.24) is 29.9 Å². The van der Waals surface area contributed by atoms with Gasteiger partial charge in [-0.3, -0.25) is 0 Å². The largest absolute Gasteiger partial charge is 0.455 e. The standard InChI is InChI=1S/C54H30N6O2/c1-3-25-45-39(19-1)41-21-9-23-43(47(41)61-45)53-57-49-35-15-5-11-31(27-35)33-13-7-17-37(29-33)51-56-52(38-18-8-14-34(30-38)32-12-6-16-36(28-32)50(55-49)58-53)60-54(59-51)44-24-10-22-42-40-20-2-4-26-46(40)62-48(42)44/h1-30H. The van der Waals surface area contributed by atoms with Gasteiger partial charge < -0.3 is 8.83 Å². The number of para-hydroxylation sites is 4. The first-order valence-electron chi connectivity index (χ1n) is 20.4. The van der Waals surface area contributed by atoms with Crippen LogP contribution in [-0.2, 0) is 0 Å². The van der Waals surface area contributed by atoms with E-state index < -0.39 is 0 Å². The maximum atomic E-state index is 6.48. The smallest absolute Gasteiger partial charge is 0.167 e. The molecule has 0 spiro atoms. The van der Waals surface area contributed by atoms with Crippen LogP contribution in [0.4, 0.5) is 0 Å². The van der Waals surface area contributed by atoms with E-state index in [1.54, 1.807) is 0 Å². The molecule has 13 aromatic rings. The van der Waals surface area contributed by atoms with Gasteiger partial charge in [-0.1, -0.05) is 133 Å². The number of hydrogen-bond acceptors (Lipinski definition) is 8. The second-order valence-electron chi connectivity index (χ2n) is 15.5. The summed E-state index contributed by atoms with van der Waals surface area (Å²) in [6.45, 7) is 0. The van der Waals surface area contributed by atoms with Crippen LogP contribution >= 0.6 is 0 Å². The van der Waals surface area contributed by atoms with Gasteiger partial charge >= 0.3 is 0 Å². The monoisotopic (exact) mass is 794 g/mol. The fraction of sp³-hybridized carbons (Fsp3) is 0. The second kappa shape index (κ2) is 13.5. The summed E-state index contributed by atoms with van der Waals surface area (Å²) in [5.41, 5.74) is 6.89. The van der Waals surface area contributed by atoms with Crippen LogP contribution < -0.4 is 0 Å². The first-order valence-corrected chi connectivity index (χ1v) is 20.4. The van der Waals surface area contributed by atoms with Gasteiger partial charge in [0, 0.05) is 43.1 Å². The van der Waals surface area contributed by atoms with Gasteiger partial charge in [0.05, 0.1) is 11.1 Å². The molecule has 62 heavy (non-hydrogen) atoms. The van der Waals surface area contributed by atoms with Crippen LogP contribution in [0.1, 0.15) is 0 Å². The lowest BCUT2D eigenvalue weighted by Gasteiger charge is -2.05. The number of aromatic nitrogens is 6. The highest BCUT2D eigenvalue weighted by molar-refractivity contribution is 6.10. The van der Waals surface area contributed by atoms with Crippen molar-refractivity contribution >= 4 is 110 Å². The Bertz CT molecular complexity index is 3720. The van der Waals surface area contributed by atoms with Crippen LogP contribution in [0.25, 0.3) is 132 Å². The SMILES string of the molecule is c1cc2cc(c1)c1nc(-c3cccc4c3oc3ccccc34)nc(n1)c1cccc(c1)c1cccc(c1)c1nc(-c3cccc4c3oc3ccccc34)nc(n1)c1cccc2c1. The lowest BCUT2D eigenvalue weighted by atomic mass is 10.1. The Morgan fingerprint density at radius 1 is 0.258 bits per heavy atom. The molecule has 8 heteroatoms. The minimum Gasteiger partial charge on any atom is -0.455 e. The van der Waals surface area contributed by atoms with E-state index in [0.29, 0.717) is 34.2 Å². The highest BCUT2D eigenvalue weighted by Gasteiger charge is 2.17. The van der Waals surface area contributed by atoms with Crippen molar-refractivity contribution in [2.45, 2.75) is 0 Å². The van der Waals surface area contributed by atoms with Crippen LogP contribution in [0, 0.1) is 0 Å². The zero-order chi connectivity index (χ0) is 40.7. The number of hydrogen-bond donors (Lipinski definition) is 0. The van der Waals surface area contributed by atoms with E-state index in [0.717, 1.165) is 98.1 Å². The number of nitrogens with zero attached hydrogens (tertiary/aromatic N) is 6. The van der Waals surface area contributed by atoms with E-state index >= 15 is 0 Å². The summed E-state index contributed by atoms with van der Waals surface area (Å²) in [6.07, 6.45) is 0. The Balaban J connectivity index is 1.14. The van der Waals surface area contributed by atoms with Crippen molar-refractivity contribution in [3.63, 3.8) is 0 Å². The summed E-state index contributed by atoms with van der Waals surface area (Å²) in [6, 6.07) is 61.7. The molecule has 0 aliphatic carbocycles. The van der Waals surface area contributed by atoms with Gasteiger partial charge in [-0.2, -0.15) is 0 Å². The summed E-state index contributed by atoms with van der Waals surface area (Å²) in [4.78, 5) is 31.0. The summed E-state index contributed by atoms with van der Waals surface area (Å²) >= 11 is 0. The summed E-state index contributed by atoms with van der Waals surface area (Å²) in [5, 5.41) is 11.5. The molecule has 0 fully saturated rings. The molecule has 8 aromatic carbocycles. The van der Waals surface area contributed by atoms with E-state index in [9.17, 15) is 0 Å². The highest BCUT2D eigenvalue weighted by Crippen LogP contribution is 2.37. The molecule has 5 aromatic heterocycles. The maximum Gasteiger partial charge on any atom is 0.167 e. The van der Waals surface area contributed by atoms with Crippen LogP contribution in [-0.4, -0.2) is 29.9 Å². The maximum absolute atomic E-state index is 6.48. The Hall–Kier alpha value is -8.62. The van der Waals surface area contributed by atoms with Gasteiger partial charge in [-0.05, 0) is 70.1 Å². The Morgan fingerprint density at radius 2 is 0.565 bits per heavy atom. The zero-order valence-electron chi connectivity index (χ0n) is 32.8. The number of benzene rings is 8. The lowest BCUT2D eigenvalue weighted by molar-refractivity contribution is 0.669. The molecule has 8 nitrogen and oxygen atoms in total. The third-order valence-corrected chi connectivity index (χ3v) is 11.7. The fourth-order valence-electron chi connectivity index (χ4n) is 8.71. The predicted octanol–water partition coefficient (Wildman–Crippen LogP) is 13.8. The van der Waals surface area contributed by atoms with Gasteiger partial charge in [-0.15, -0.1) is 0 Å². The second-order valence-corrected chi connectivity index (χ2v) is 15.5. The van der Waals surface area contributed by atoms with Gasteiger partial charge in [0.25, 0.3) is 0 Å². The molecule has 0 radical (unpaired) electrons. The van der Waals surface area contributed by atoms with Crippen molar-refractivity contribution in [3.05, 3.63) is 182 Å². The topological polar surface area (TPSA) is 104 Å².